The van der Waals surface area contributed by atoms with Crippen molar-refractivity contribution in [2.24, 2.45) is 0 Å². The van der Waals surface area contributed by atoms with Gasteiger partial charge in [-0.15, -0.1) is 0 Å². The topological polar surface area (TPSA) is 111 Å². The summed E-state index contributed by atoms with van der Waals surface area (Å²) in [4.78, 5) is 15.0. The van der Waals surface area contributed by atoms with Crippen LogP contribution in [0.2, 0.25) is 0 Å². The van der Waals surface area contributed by atoms with E-state index < -0.39 is 21.5 Å². The maximum atomic E-state index is 11.9. The van der Waals surface area contributed by atoms with E-state index in [0.29, 0.717) is 6.61 Å². The number of carbonyl (C=O) groups is 1. The Bertz CT molecular complexity index is 516. The molecule has 18 heavy (non-hydrogen) atoms. The molecule has 7 nitrogen and oxygen atoms in total. The molecule has 8 heteroatoms. The van der Waals surface area contributed by atoms with Gasteiger partial charge in [-0.3, -0.25) is 9.78 Å². The zero-order chi connectivity index (χ0) is 13.6. The fraction of sp³-hybridized carbons (Fsp3) is 0.400. The van der Waals surface area contributed by atoms with Crippen molar-refractivity contribution in [3.05, 3.63) is 18.5 Å². The second kappa shape index (κ2) is 6.31. The minimum absolute atomic E-state index is 0.0298. The van der Waals surface area contributed by atoms with Gasteiger partial charge in [0, 0.05) is 19.9 Å². The standard InChI is InChI=1S/C10H15N3O4S/c1-17-5-4-13-10(14)7-18(15,16)9-2-3-12-6-8(9)11/h2-3,6H,4-5,7,11H2,1H3,(H,13,14). The van der Waals surface area contributed by atoms with Gasteiger partial charge < -0.3 is 15.8 Å². The number of hydrogen-bond acceptors (Lipinski definition) is 6. The van der Waals surface area contributed by atoms with Gasteiger partial charge in [0.05, 0.1) is 23.4 Å². The summed E-state index contributed by atoms with van der Waals surface area (Å²) in [6, 6.07) is 1.27. The van der Waals surface area contributed by atoms with Crippen molar-refractivity contribution in [2.45, 2.75) is 4.90 Å². The van der Waals surface area contributed by atoms with Crippen molar-refractivity contribution >= 4 is 21.4 Å². The molecule has 1 aromatic rings. The summed E-state index contributed by atoms with van der Waals surface area (Å²) in [6.45, 7) is 0.583. The molecule has 1 amide bonds. The average molecular weight is 273 g/mol. The monoisotopic (exact) mass is 273 g/mol. The van der Waals surface area contributed by atoms with Crippen LogP contribution >= 0.6 is 0 Å². The van der Waals surface area contributed by atoms with Gasteiger partial charge in [0.1, 0.15) is 5.75 Å². The number of pyridine rings is 1. The number of anilines is 1. The molecule has 0 aliphatic heterocycles. The third kappa shape index (κ3) is 3.97. The minimum Gasteiger partial charge on any atom is -0.396 e. The molecule has 0 aromatic carbocycles. The quantitative estimate of drug-likeness (QED) is 0.656. The Hall–Kier alpha value is -1.67. The van der Waals surface area contributed by atoms with Gasteiger partial charge in [-0.1, -0.05) is 0 Å². The average Bonchev–Trinajstić information content (AvgIpc) is 2.29. The van der Waals surface area contributed by atoms with Crippen molar-refractivity contribution in [1.29, 1.82) is 0 Å². The first-order valence-electron chi connectivity index (χ1n) is 5.15. The molecule has 0 aliphatic rings. The number of amides is 1. The molecule has 0 fully saturated rings. The summed E-state index contributed by atoms with van der Waals surface area (Å²) in [7, 11) is -2.26. The predicted octanol–water partition coefficient (Wildman–Crippen LogP) is -0.800. The van der Waals surface area contributed by atoms with E-state index in [2.05, 4.69) is 10.3 Å². The molecule has 100 valence electrons. The second-order valence-electron chi connectivity index (χ2n) is 3.52. The number of rotatable bonds is 6. The molecular formula is C10H15N3O4S. The van der Waals surface area contributed by atoms with Gasteiger partial charge in [0.25, 0.3) is 0 Å². The van der Waals surface area contributed by atoms with Gasteiger partial charge in [0.15, 0.2) is 9.84 Å². The van der Waals surface area contributed by atoms with Gasteiger partial charge in [-0.2, -0.15) is 0 Å². The van der Waals surface area contributed by atoms with Crippen molar-refractivity contribution in [3.63, 3.8) is 0 Å². The number of nitrogens with zero attached hydrogens (tertiary/aromatic N) is 1. The first-order valence-corrected chi connectivity index (χ1v) is 6.80. The lowest BCUT2D eigenvalue weighted by molar-refractivity contribution is -0.118. The lowest BCUT2D eigenvalue weighted by Crippen LogP contribution is -2.32. The van der Waals surface area contributed by atoms with Crippen LogP contribution in [0.1, 0.15) is 0 Å². The Morgan fingerprint density at radius 2 is 2.28 bits per heavy atom. The van der Waals surface area contributed by atoms with Crippen LogP contribution in [0.5, 0.6) is 0 Å². The first kappa shape index (κ1) is 14.4. The number of sulfone groups is 1. The molecule has 1 rings (SSSR count). The van der Waals surface area contributed by atoms with E-state index >= 15 is 0 Å². The number of methoxy groups -OCH3 is 1. The Morgan fingerprint density at radius 1 is 1.56 bits per heavy atom. The normalized spacial score (nSPS) is 11.2. The van der Waals surface area contributed by atoms with Gasteiger partial charge in [-0.25, -0.2) is 8.42 Å². The van der Waals surface area contributed by atoms with E-state index in [-0.39, 0.29) is 17.1 Å². The lowest BCUT2D eigenvalue weighted by Gasteiger charge is -2.07. The van der Waals surface area contributed by atoms with E-state index in [4.69, 9.17) is 10.5 Å². The third-order valence-corrected chi connectivity index (χ3v) is 3.78. The highest BCUT2D eigenvalue weighted by atomic mass is 32.2. The number of nitrogen functional groups attached to an aromatic ring is 1. The molecule has 0 saturated carbocycles. The molecular weight excluding hydrogens is 258 g/mol. The summed E-state index contributed by atoms with van der Waals surface area (Å²) >= 11 is 0. The number of hydrogen-bond donors (Lipinski definition) is 2. The summed E-state index contributed by atoms with van der Waals surface area (Å²) in [6.07, 6.45) is 2.54. The number of aromatic nitrogens is 1. The van der Waals surface area contributed by atoms with Crippen molar-refractivity contribution < 1.29 is 17.9 Å². The van der Waals surface area contributed by atoms with Crippen LogP contribution in [0.3, 0.4) is 0 Å². The fourth-order valence-corrected chi connectivity index (χ4v) is 2.55. The SMILES string of the molecule is COCCNC(=O)CS(=O)(=O)c1ccncc1N. The number of nitrogens with one attached hydrogen (secondary N) is 1. The predicted molar refractivity (Wildman–Crippen MR) is 65.6 cm³/mol. The maximum Gasteiger partial charge on any atom is 0.235 e. The van der Waals surface area contributed by atoms with Gasteiger partial charge in [-0.05, 0) is 6.07 Å². The molecule has 1 aromatic heterocycles. The van der Waals surface area contributed by atoms with E-state index in [1.807, 2.05) is 0 Å². The number of ether oxygens (including phenoxy) is 1. The first-order chi connectivity index (χ1) is 8.47. The smallest absolute Gasteiger partial charge is 0.235 e. The molecule has 0 aliphatic carbocycles. The van der Waals surface area contributed by atoms with E-state index in [1.54, 1.807) is 0 Å². The van der Waals surface area contributed by atoms with Crippen LogP contribution in [-0.2, 0) is 19.4 Å². The Kier molecular flexibility index (Phi) is 5.05. The van der Waals surface area contributed by atoms with E-state index in [9.17, 15) is 13.2 Å². The van der Waals surface area contributed by atoms with Crippen LogP contribution in [0.25, 0.3) is 0 Å². The summed E-state index contributed by atoms with van der Waals surface area (Å²) in [5.74, 6) is -1.24. The number of carbonyl (C=O) groups excluding carboxylic acids is 1. The zero-order valence-corrected chi connectivity index (χ0v) is 10.7. The summed E-state index contributed by atoms with van der Waals surface area (Å²) in [5.41, 5.74) is 5.54. The van der Waals surface area contributed by atoms with Crippen LogP contribution < -0.4 is 11.1 Å². The highest BCUT2D eigenvalue weighted by Crippen LogP contribution is 2.17. The lowest BCUT2D eigenvalue weighted by atomic mass is 10.4. The zero-order valence-electron chi connectivity index (χ0n) is 9.92. The summed E-state index contributed by atoms with van der Waals surface area (Å²) in [5, 5.41) is 2.43. The van der Waals surface area contributed by atoms with Crippen molar-refractivity contribution in [1.82, 2.24) is 10.3 Å². The largest absolute Gasteiger partial charge is 0.396 e. The Morgan fingerprint density at radius 3 is 2.89 bits per heavy atom. The van der Waals surface area contributed by atoms with Crippen molar-refractivity contribution in [2.75, 3.05) is 31.7 Å². The van der Waals surface area contributed by atoms with E-state index in [0.717, 1.165) is 0 Å². The van der Waals surface area contributed by atoms with E-state index in [1.165, 1.54) is 25.6 Å². The third-order valence-electron chi connectivity index (χ3n) is 2.09. The molecule has 0 radical (unpaired) electrons. The van der Waals surface area contributed by atoms with Crippen LogP contribution in [0.15, 0.2) is 23.4 Å². The van der Waals surface area contributed by atoms with Crippen molar-refractivity contribution in [3.8, 4) is 0 Å². The number of nitrogens with two attached hydrogens (primary N) is 1. The molecule has 1 heterocycles. The minimum atomic E-state index is -3.75. The Labute approximate surface area is 105 Å². The molecule has 3 N–H and O–H groups in total. The maximum absolute atomic E-state index is 11.9. The van der Waals surface area contributed by atoms with Gasteiger partial charge >= 0.3 is 0 Å². The molecule has 0 spiro atoms. The Balaban J connectivity index is 2.71. The van der Waals surface area contributed by atoms with Gasteiger partial charge in [0.2, 0.25) is 5.91 Å². The molecule has 0 bridgehead atoms. The summed E-state index contributed by atoms with van der Waals surface area (Å²) < 4.78 is 28.5. The van der Waals surface area contributed by atoms with Crippen LogP contribution in [0.4, 0.5) is 5.69 Å². The van der Waals surface area contributed by atoms with Crippen LogP contribution in [-0.4, -0.2) is 45.3 Å². The highest BCUT2D eigenvalue weighted by Gasteiger charge is 2.21. The second-order valence-corrected chi connectivity index (χ2v) is 5.47. The molecule has 0 unspecified atom stereocenters. The molecule has 0 saturated heterocycles. The highest BCUT2D eigenvalue weighted by molar-refractivity contribution is 7.92. The van der Waals surface area contributed by atoms with Crippen LogP contribution in [0, 0.1) is 0 Å². The molecule has 0 atom stereocenters. The fourth-order valence-electron chi connectivity index (χ4n) is 1.27.